The first-order valence-corrected chi connectivity index (χ1v) is 18.1. The summed E-state index contributed by atoms with van der Waals surface area (Å²) in [6.07, 6.45) is 3.02. The highest BCUT2D eigenvalue weighted by Gasteiger charge is 2.62. The number of ether oxygens (including phenoxy) is 2. The van der Waals surface area contributed by atoms with Crippen LogP contribution in [0.5, 0.6) is 0 Å². The van der Waals surface area contributed by atoms with Gasteiger partial charge in [0.05, 0.1) is 23.5 Å². The number of carbonyl (C=O) groups is 4. The zero-order valence-electron chi connectivity index (χ0n) is 28.9. The highest BCUT2D eigenvalue weighted by atomic mass is 32.2. The average molecular weight is 698 g/mol. The smallest absolute Gasteiger partial charge is 0.408 e. The fraction of sp³-hybridized carbons (Fsp3) is 0.571. The van der Waals surface area contributed by atoms with E-state index in [4.69, 9.17) is 9.47 Å². The second-order valence-electron chi connectivity index (χ2n) is 15.3. The van der Waals surface area contributed by atoms with Crippen molar-refractivity contribution in [1.29, 1.82) is 0 Å². The van der Waals surface area contributed by atoms with Crippen LogP contribution in [0.15, 0.2) is 49.2 Å². The van der Waals surface area contributed by atoms with Crippen molar-refractivity contribution in [2.45, 2.75) is 108 Å². The van der Waals surface area contributed by atoms with Gasteiger partial charge in [0.2, 0.25) is 21.8 Å². The van der Waals surface area contributed by atoms with Crippen molar-refractivity contribution in [3.05, 3.63) is 54.7 Å². The predicted molar refractivity (Wildman–Crippen MR) is 182 cm³/mol. The van der Waals surface area contributed by atoms with E-state index in [1.54, 1.807) is 47.7 Å². The average Bonchev–Trinajstić information content (AvgIpc) is 3.93. The van der Waals surface area contributed by atoms with Gasteiger partial charge in [-0.2, -0.15) is 0 Å². The van der Waals surface area contributed by atoms with Gasteiger partial charge < -0.3 is 25.0 Å². The topological polar surface area (TPSA) is 173 Å². The van der Waals surface area contributed by atoms with Gasteiger partial charge in [0.25, 0.3) is 5.91 Å². The summed E-state index contributed by atoms with van der Waals surface area (Å²) in [5, 5.41) is 5.80. The number of pyridine rings is 1. The van der Waals surface area contributed by atoms with Crippen LogP contribution in [0.2, 0.25) is 0 Å². The Bertz CT molecular complexity index is 1740. The van der Waals surface area contributed by atoms with E-state index in [0.29, 0.717) is 12.8 Å². The number of fused-ring (bicyclic) bond motifs is 1. The molecule has 0 unspecified atom stereocenters. The molecule has 0 spiro atoms. The Morgan fingerprint density at radius 2 is 1.80 bits per heavy atom. The summed E-state index contributed by atoms with van der Waals surface area (Å²) in [5.41, 5.74) is -1.51. The first-order valence-electron chi connectivity index (χ1n) is 16.6. The highest BCUT2D eigenvalue weighted by Crippen LogP contribution is 2.45. The Labute approximate surface area is 287 Å². The van der Waals surface area contributed by atoms with E-state index in [2.05, 4.69) is 26.9 Å². The summed E-state index contributed by atoms with van der Waals surface area (Å²) >= 11 is 0. The highest BCUT2D eigenvalue weighted by molar-refractivity contribution is 7.91. The van der Waals surface area contributed by atoms with E-state index in [9.17, 15) is 27.6 Å². The lowest BCUT2D eigenvalue weighted by molar-refractivity contribution is -0.143. The van der Waals surface area contributed by atoms with Crippen LogP contribution in [-0.4, -0.2) is 83.2 Å². The van der Waals surface area contributed by atoms with Gasteiger partial charge in [-0.15, -0.1) is 6.58 Å². The van der Waals surface area contributed by atoms with E-state index >= 15 is 0 Å². The second-order valence-corrected chi connectivity index (χ2v) is 17.3. The molecule has 1 aliphatic heterocycles. The molecule has 5 rings (SSSR count). The summed E-state index contributed by atoms with van der Waals surface area (Å²) in [7, 11) is -3.88. The number of sulfonamides is 1. The normalized spacial score (nSPS) is 24.5. The number of hydrogen-bond donors (Lipinski definition) is 3. The fourth-order valence-corrected chi connectivity index (χ4v) is 7.52. The summed E-state index contributed by atoms with van der Waals surface area (Å²) in [6.45, 7) is 14.5. The molecule has 4 amide bonds. The van der Waals surface area contributed by atoms with Gasteiger partial charge in [0, 0.05) is 36.0 Å². The lowest BCUT2D eigenvalue weighted by atomic mass is 9.85. The van der Waals surface area contributed by atoms with Crippen LogP contribution in [0, 0.1) is 11.3 Å². The molecule has 14 heteroatoms. The number of aromatic nitrogens is 1. The molecule has 13 nitrogen and oxygen atoms in total. The number of carbonyl (C=O) groups excluding carboxylic acids is 4. The van der Waals surface area contributed by atoms with Crippen LogP contribution in [-0.2, 0) is 40.5 Å². The number of benzene rings is 1. The molecule has 1 saturated heterocycles. The molecule has 3 aliphatic rings. The van der Waals surface area contributed by atoms with Crippen LogP contribution in [0.4, 0.5) is 4.79 Å². The molecule has 2 aliphatic carbocycles. The van der Waals surface area contributed by atoms with Crippen LogP contribution >= 0.6 is 0 Å². The maximum atomic E-state index is 14.3. The number of nitrogens with one attached hydrogen (secondary N) is 3. The maximum absolute atomic E-state index is 14.3. The lowest BCUT2D eigenvalue weighted by Crippen LogP contribution is -2.60. The van der Waals surface area contributed by atoms with Crippen molar-refractivity contribution in [2.75, 3.05) is 6.54 Å². The van der Waals surface area contributed by atoms with Crippen LogP contribution in [0.25, 0.3) is 10.9 Å². The van der Waals surface area contributed by atoms with E-state index in [-0.39, 0.29) is 26.0 Å². The Morgan fingerprint density at radius 3 is 2.41 bits per heavy atom. The number of hydrogen-bond acceptors (Lipinski definition) is 9. The Hall–Kier alpha value is -4.04. The van der Waals surface area contributed by atoms with Gasteiger partial charge in [-0.25, -0.2) is 13.2 Å². The summed E-state index contributed by atoms with van der Waals surface area (Å²) < 4.78 is 39.2. The summed E-state index contributed by atoms with van der Waals surface area (Å²) in [6, 6.07) is 7.37. The molecule has 3 N–H and O–H groups in total. The molecule has 266 valence electrons. The first kappa shape index (κ1) is 36.2. The van der Waals surface area contributed by atoms with Crippen molar-refractivity contribution in [3.8, 4) is 0 Å². The lowest BCUT2D eigenvalue weighted by Gasteiger charge is -2.36. The van der Waals surface area contributed by atoms with Crippen LogP contribution < -0.4 is 15.4 Å². The summed E-state index contributed by atoms with van der Waals surface area (Å²) in [5.74, 6) is -2.50. The van der Waals surface area contributed by atoms with Gasteiger partial charge in [0.1, 0.15) is 23.2 Å². The van der Waals surface area contributed by atoms with E-state index in [0.717, 1.165) is 16.5 Å². The minimum Gasteiger partial charge on any atom is -0.444 e. The number of rotatable bonds is 11. The molecule has 0 radical (unpaired) electrons. The second kappa shape index (κ2) is 13.3. The van der Waals surface area contributed by atoms with Crippen molar-refractivity contribution >= 4 is 44.7 Å². The van der Waals surface area contributed by atoms with Gasteiger partial charge >= 0.3 is 6.09 Å². The molecule has 2 aromatic rings. The molecule has 1 aromatic carbocycles. The molecule has 0 bridgehead atoms. The Kier molecular flexibility index (Phi) is 9.87. The fourth-order valence-electron chi connectivity index (χ4n) is 6.16. The molecule has 3 fully saturated rings. The monoisotopic (exact) mass is 697 g/mol. The molecule has 5 atom stereocenters. The molecule has 49 heavy (non-hydrogen) atoms. The number of likely N-dealkylation sites (tertiary alicyclic amines) is 1. The van der Waals surface area contributed by atoms with Gasteiger partial charge in [-0.3, -0.25) is 24.1 Å². The number of alkyl carbamates (subject to hydrolysis) is 1. The number of para-hydroxylation sites is 1. The van der Waals surface area contributed by atoms with E-state index in [1.165, 1.54) is 11.0 Å². The maximum Gasteiger partial charge on any atom is 0.408 e. The third-order valence-electron chi connectivity index (χ3n) is 9.06. The molecule has 2 saturated carbocycles. The third-order valence-corrected chi connectivity index (χ3v) is 10.9. The quantitative estimate of drug-likeness (QED) is 0.298. The van der Waals surface area contributed by atoms with Crippen molar-refractivity contribution in [1.82, 2.24) is 25.2 Å². The zero-order chi connectivity index (χ0) is 35.9. The van der Waals surface area contributed by atoms with E-state index in [1.807, 2.05) is 30.3 Å². The SMILES string of the molecule is C=C[C@@H]1C[C@@]1(NC(=O)[C@@H]1C[C@@H](OCc2cccc3cccnc23)CN1C(=O)[C@@H](NC(=O)OC(C)(C)C)C(C)(C)C)C(=O)NS(=O)(=O)C1CC1. The standard InChI is InChI=1S/C35H47N5O8S/c1-8-23-18-35(23,31(43)39-49(45,46)25-14-15-25)38-29(41)26-17-24(47-20-22-12-9-11-21-13-10-16-36-27(21)22)19-40(26)30(42)28(33(2,3)4)37-32(44)48-34(5,6)7/h8-13,16,23-26,28H,1,14-15,17-20H2,2-7H3,(H,37,44)(H,38,41)(H,39,43)/t23-,24-,26+,28-,35+/m1/s1. The molecular weight excluding hydrogens is 650 g/mol. The van der Waals surface area contributed by atoms with Crippen LogP contribution in [0.1, 0.15) is 72.8 Å². The molecular formula is C35H47N5O8S. The Morgan fingerprint density at radius 1 is 1.10 bits per heavy atom. The Balaban J connectivity index is 1.40. The molecule has 2 heterocycles. The minimum atomic E-state index is -3.88. The van der Waals surface area contributed by atoms with Gasteiger partial charge in [-0.05, 0) is 51.5 Å². The van der Waals surface area contributed by atoms with E-state index < -0.39 is 79.7 Å². The number of nitrogens with zero attached hydrogens (tertiary/aromatic N) is 2. The third kappa shape index (κ3) is 8.23. The van der Waals surface area contributed by atoms with Gasteiger partial charge in [-0.1, -0.05) is 51.1 Å². The minimum absolute atomic E-state index is 0.0256. The van der Waals surface area contributed by atoms with Crippen LogP contribution in [0.3, 0.4) is 0 Å². The summed E-state index contributed by atoms with van der Waals surface area (Å²) in [4.78, 5) is 60.6. The number of amides is 4. The van der Waals surface area contributed by atoms with Crippen molar-refractivity contribution < 1.29 is 37.1 Å². The predicted octanol–water partition coefficient (Wildman–Crippen LogP) is 3.33. The molecule has 1 aromatic heterocycles. The van der Waals surface area contributed by atoms with Gasteiger partial charge in [0.15, 0.2) is 0 Å². The van der Waals surface area contributed by atoms with Crippen molar-refractivity contribution in [3.63, 3.8) is 0 Å². The zero-order valence-corrected chi connectivity index (χ0v) is 29.8. The first-order chi connectivity index (χ1) is 22.8. The largest absolute Gasteiger partial charge is 0.444 e. The van der Waals surface area contributed by atoms with Crippen molar-refractivity contribution in [2.24, 2.45) is 11.3 Å².